The molecule has 0 unspecified atom stereocenters. The molecule has 3 heterocycles. The van der Waals surface area contributed by atoms with Crippen LogP contribution < -0.4 is 5.32 Å². The van der Waals surface area contributed by atoms with Crippen LogP contribution in [0.1, 0.15) is 31.4 Å². The van der Waals surface area contributed by atoms with E-state index in [2.05, 4.69) is 20.4 Å². The summed E-state index contributed by atoms with van der Waals surface area (Å²) in [6.07, 6.45) is 5.26. The van der Waals surface area contributed by atoms with Crippen LogP contribution in [0.3, 0.4) is 0 Å². The van der Waals surface area contributed by atoms with E-state index < -0.39 is 0 Å². The molecular formula is C20H31N5O2. The average molecular weight is 374 g/mol. The second-order valence-corrected chi connectivity index (χ2v) is 8.36. The van der Waals surface area contributed by atoms with Gasteiger partial charge in [0, 0.05) is 26.2 Å². The predicted molar refractivity (Wildman–Crippen MR) is 103 cm³/mol. The van der Waals surface area contributed by atoms with Gasteiger partial charge in [-0.05, 0) is 69.7 Å². The van der Waals surface area contributed by atoms with Gasteiger partial charge in [0.1, 0.15) is 12.4 Å². The van der Waals surface area contributed by atoms with Gasteiger partial charge in [0.2, 0.25) is 5.91 Å². The standard InChI is InChI=1S/C20H31N5O2/c1-15-2-5-19(23-22-15)21-10-18-13-25(20(26)14-27-18)12-17-6-8-24(9-7-17)11-16-3-4-16/h2,5,16-18H,3-4,6-14H2,1H3,(H,21,23)/t18-/m1/s1. The molecule has 1 aromatic heterocycles. The maximum atomic E-state index is 12.3. The fourth-order valence-electron chi connectivity index (χ4n) is 4.02. The van der Waals surface area contributed by atoms with Crippen molar-refractivity contribution in [2.24, 2.45) is 11.8 Å². The topological polar surface area (TPSA) is 70.6 Å². The molecule has 1 saturated carbocycles. The van der Waals surface area contributed by atoms with Crippen LogP contribution in [0.4, 0.5) is 5.82 Å². The first kappa shape index (κ1) is 18.6. The SMILES string of the molecule is Cc1ccc(NC[C@@H]2CN(CC3CCN(CC4CC4)CC3)C(=O)CO2)nn1. The van der Waals surface area contributed by atoms with Crippen molar-refractivity contribution in [3.05, 3.63) is 17.8 Å². The molecule has 2 saturated heterocycles. The number of likely N-dealkylation sites (tertiary alicyclic amines) is 1. The number of amides is 1. The van der Waals surface area contributed by atoms with Gasteiger partial charge in [0.05, 0.1) is 11.8 Å². The lowest BCUT2D eigenvalue weighted by Gasteiger charge is -2.38. The molecule has 7 heteroatoms. The number of aryl methyl sites for hydroxylation is 1. The zero-order valence-electron chi connectivity index (χ0n) is 16.3. The number of rotatable bonds is 7. The van der Waals surface area contributed by atoms with E-state index in [0.29, 0.717) is 19.0 Å². The van der Waals surface area contributed by atoms with Crippen LogP contribution in [-0.4, -0.2) is 77.9 Å². The van der Waals surface area contributed by atoms with Crippen molar-refractivity contribution in [1.82, 2.24) is 20.0 Å². The van der Waals surface area contributed by atoms with Gasteiger partial charge in [-0.15, -0.1) is 5.10 Å². The molecule has 1 N–H and O–H groups in total. The second-order valence-electron chi connectivity index (χ2n) is 8.36. The summed E-state index contributed by atoms with van der Waals surface area (Å²) in [7, 11) is 0. The number of aromatic nitrogens is 2. The maximum Gasteiger partial charge on any atom is 0.248 e. The summed E-state index contributed by atoms with van der Waals surface area (Å²) in [5.41, 5.74) is 0.898. The molecule has 3 fully saturated rings. The number of nitrogens with one attached hydrogen (secondary N) is 1. The van der Waals surface area contributed by atoms with E-state index in [4.69, 9.17) is 4.74 Å². The van der Waals surface area contributed by atoms with Gasteiger partial charge in [-0.25, -0.2) is 0 Å². The van der Waals surface area contributed by atoms with E-state index in [1.165, 1.54) is 45.3 Å². The first-order valence-electron chi connectivity index (χ1n) is 10.3. The second kappa shape index (κ2) is 8.52. The van der Waals surface area contributed by atoms with Gasteiger partial charge in [0.15, 0.2) is 0 Å². The van der Waals surface area contributed by atoms with Crippen molar-refractivity contribution in [3.8, 4) is 0 Å². The van der Waals surface area contributed by atoms with Crippen molar-refractivity contribution >= 4 is 11.7 Å². The predicted octanol–water partition coefficient (Wildman–Crippen LogP) is 1.55. The summed E-state index contributed by atoms with van der Waals surface area (Å²) in [6.45, 7) is 7.95. The van der Waals surface area contributed by atoms with Crippen molar-refractivity contribution < 1.29 is 9.53 Å². The zero-order valence-corrected chi connectivity index (χ0v) is 16.3. The Bertz CT molecular complexity index is 626. The molecule has 7 nitrogen and oxygen atoms in total. The van der Waals surface area contributed by atoms with Crippen LogP contribution in [0.25, 0.3) is 0 Å². The third kappa shape index (κ3) is 5.39. The minimum Gasteiger partial charge on any atom is -0.366 e. The highest BCUT2D eigenvalue weighted by molar-refractivity contribution is 5.78. The highest BCUT2D eigenvalue weighted by Crippen LogP contribution is 2.31. The first-order valence-corrected chi connectivity index (χ1v) is 10.3. The molecule has 1 aliphatic carbocycles. The number of carbonyl (C=O) groups excluding carboxylic acids is 1. The molecule has 1 amide bonds. The molecule has 0 radical (unpaired) electrons. The molecule has 0 aromatic carbocycles. The van der Waals surface area contributed by atoms with Crippen LogP contribution in [-0.2, 0) is 9.53 Å². The van der Waals surface area contributed by atoms with Crippen molar-refractivity contribution in [3.63, 3.8) is 0 Å². The summed E-state index contributed by atoms with van der Waals surface area (Å²) >= 11 is 0. The number of carbonyl (C=O) groups is 1. The fraction of sp³-hybridized carbons (Fsp3) is 0.750. The van der Waals surface area contributed by atoms with Crippen molar-refractivity contribution in [1.29, 1.82) is 0 Å². The van der Waals surface area contributed by atoms with Gasteiger partial charge in [-0.3, -0.25) is 4.79 Å². The molecule has 27 heavy (non-hydrogen) atoms. The van der Waals surface area contributed by atoms with E-state index in [0.717, 1.165) is 24.0 Å². The normalized spacial score (nSPS) is 25.0. The number of piperidine rings is 1. The van der Waals surface area contributed by atoms with Crippen LogP contribution in [0.5, 0.6) is 0 Å². The zero-order chi connectivity index (χ0) is 18.6. The summed E-state index contributed by atoms with van der Waals surface area (Å²) in [5.74, 6) is 2.46. The lowest BCUT2D eigenvalue weighted by atomic mass is 9.95. The van der Waals surface area contributed by atoms with Gasteiger partial charge >= 0.3 is 0 Å². The quantitative estimate of drug-likeness (QED) is 0.782. The molecular weight excluding hydrogens is 342 g/mol. The number of hydrogen-bond acceptors (Lipinski definition) is 6. The lowest BCUT2D eigenvalue weighted by molar-refractivity contribution is -0.149. The lowest BCUT2D eigenvalue weighted by Crippen LogP contribution is -2.51. The highest BCUT2D eigenvalue weighted by atomic mass is 16.5. The fourth-order valence-corrected chi connectivity index (χ4v) is 4.02. The van der Waals surface area contributed by atoms with E-state index in [1.807, 2.05) is 24.0 Å². The minimum absolute atomic E-state index is 0.000702. The minimum atomic E-state index is 0.000702. The average Bonchev–Trinajstić information content (AvgIpc) is 3.49. The van der Waals surface area contributed by atoms with Crippen LogP contribution in [0.2, 0.25) is 0 Å². The number of anilines is 1. The van der Waals surface area contributed by atoms with Crippen LogP contribution in [0.15, 0.2) is 12.1 Å². The molecule has 0 spiro atoms. The monoisotopic (exact) mass is 373 g/mol. The largest absolute Gasteiger partial charge is 0.366 e. The van der Waals surface area contributed by atoms with E-state index in [1.54, 1.807) is 0 Å². The number of morpholine rings is 1. The Morgan fingerprint density at radius 2 is 1.89 bits per heavy atom. The van der Waals surface area contributed by atoms with Crippen LogP contribution >= 0.6 is 0 Å². The summed E-state index contributed by atoms with van der Waals surface area (Å²) in [4.78, 5) is 16.9. The van der Waals surface area contributed by atoms with Gasteiger partial charge in [-0.1, -0.05) is 0 Å². The van der Waals surface area contributed by atoms with E-state index in [9.17, 15) is 4.79 Å². The van der Waals surface area contributed by atoms with Gasteiger partial charge < -0.3 is 19.9 Å². The Balaban J connectivity index is 1.21. The molecule has 148 valence electrons. The molecule has 4 rings (SSSR count). The third-order valence-corrected chi connectivity index (χ3v) is 5.93. The van der Waals surface area contributed by atoms with Crippen LogP contribution in [0, 0.1) is 18.8 Å². The highest BCUT2D eigenvalue weighted by Gasteiger charge is 2.31. The first-order chi connectivity index (χ1) is 13.2. The van der Waals surface area contributed by atoms with Crippen molar-refractivity contribution in [2.45, 2.75) is 38.7 Å². The Kier molecular flexibility index (Phi) is 5.88. The number of nitrogens with zero attached hydrogens (tertiary/aromatic N) is 4. The van der Waals surface area contributed by atoms with Gasteiger partial charge in [-0.2, -0.15) is 5.10 Å². The summed E-state index contributed by atoms with van der Waals surface area (Å²) < 4.78 is 5.71. The van der Waals surface area contributed by atoms with E-state index >= 15 is 0 Å². The van der Waals surface area contributed by atoms with Crippen molar-refractivity contribution in [2.75, 3.05) is 51.2 Å². The number of ether oxygens (including phenoxy) is 1. The Morgan fingerprint density at radius 3 is 2.59 bits per heavy atom. The molecule has 1 atom stereocenters. The molecule has 3 aliphatic rings. The third-order valence-electron chi connectivity index (χ3n) is 5.93. The molecule has 2 aliphatic heterocycles. The molecule has 1 aromatic rings. The molecule has 0 bridgehead atoms. The Hall–Kier alpha value is -1.73. The maximum absolute atomic E-state index is 12.3. The number of hydrogen-bond donors (Lipinski definition) is 1. The summed E-state index contributed by atoms with van der Waals surface area (Å²) in [5, 5.41) is 11.4. The Morgan fingerprint density at radius 1 is 1.11 bits per heavy atom. The van der Waals surface area contributed by atoms with Gasteiger partial charge in [0.25, 0.3) is 0 Å². The van der Waals surface area contributed by atoms with E-state index in [-0.39, 0.29) is 18.6 Å². The summed E-state index contributed by atoms with van der Waals surface area (Å²) in [6, 6.07) is 3.85. The Labute approximate surface area is 161 Å². The smallest absolute Gasteiger partial charge is 0.248 e.